The Hall–Kier alpha value is -1.61. The molecule has 0 unspecified atom stereocenters. The molecule has 144 valence electrons. The Balaban J connectivity index is 1.31. The molecule has 0 amide bonds. The minimum Gasteiger partial charge on any atom is -0.378 e. The minimum absolute atomic E-state index is 0.241. The molecule has 0 radical (unpaired) electrons. The van der Waals surface area contributed by atoms with Gasteiger partial charge in [0.2, 0.25) is 5.95 Å². The van der Waals surface area contributed by atoms with Gasteiger partial charge in [-0.05, 0) is 19.8 Å². The van der Waals surface area contributed by atoms with E-state index in [0.717, 1.165) is 81.7 Å². The number of piperidine rings is 1. The summed E-state index contributed by atoms with van der Waals surface area (Å²) in [6, 6.07) is 0. The van der Waals surface area contributed by atoms with E-state index in [9.17, 15) is 0 Å². The van der Waals surface area contributed by atoms with Crippen LogP contribution in [0, 0.1) is 6.92 Å². The van der Waals surface area contributed by atoms with Gasteiger partial charge in [0.05, 0.1) is 32.1 Å². The van der Waals surface area contributed by atoms with E-state index in [2.05, 4.69) is 32.1 Å². The van der Waals surface area contributed by atoms with Crippen molar-refractivity contribution < 1.29 is 9.47 Å². The Morgan fingerprint density at radius 1 is 1.15 bits per heavy atom. The first-order valence-electron chi connectivity index (χ1n) is 9.68. The van der Waals surface area contributed by atoms with Crippen molar-refractivity contribution in [1.82, 2.24) is 19.9 Å². The highest BCUT2D eigenvalue weighted by Crippen LogP contribution is 2.43. The van der Waals surface area contributed by atoms with Crippen LogP contribution in [-0.2, 0) is 28.2 Å². The lowest BCUT2D eigenvalue weighted by Gasteiger charge is -2.38. The van der Waals surface area contributed by atoms with Crippen LogP contribution in [0.1, 0.15) is 34.8 Å². The van der Waals surface area contributed by atoms with Crippen LogP contribution >= 0.6 is 11.3 Å². The smallest absolute Gasteiger partial charge is 0.225 e. The number of nitrogens with zero attached hydrogens (tertiary/aromatic N) is 5. The molecule has 1 spiro atoms. The number of rotatable bonds is 3. The van der Waals surface area contributed by atoms with Gasteiger partial charge in [-0.25, -0.2) is 15.0 Å². The average molecular weight is 388 g/mol. The maximum absolute atomic E-state index is 6.31. The SMILES string of the molecule is Cc1csc(CN2CCC3(CC2)OCc2cnc(N4CCOCC4)nc23)n1. The predicted molar refractivity (Wildman–Crippen MR) is 103 cm³/mol. The van der Waals surface area contributed by atoms with Crippen LogP contribution in [0.2, 0.25) is 0 Å². The summed E-state index contributed by atoms with van der Waals surface area (Å²) in [6.07, 6.45) is 3.92. The van der Waals surface area contributed by atoms with Crippen LogP contribution in [0.3, 0.4) is 0 Å². The zero-order chi connectivity index (χ0) is 18.3. The molecule has 8 heteroatoms. The van der Waals surface area contributed by atoms with Crippen molar-refractivity contribution >= 4 is 17.3 Å². The zero-order valence-corrected chi connectivity index (χ0v) is 16.5. The molecule has 0 aliphatic carbocycles. The molecule has 2 aromatic rings. The highest BCUT2D eigenvalue weighted by molar-refractivity contribution is 7.09. The molecule has 2 aromatic heterocycles. The lowest BCUT2D eigenvalue weighted by Crippen LogP contribution is -2.43. The highest BCUT2D eigenvalue weighted by atomic mass is 32.1. The summed E-state index contributed by atoms with van der Waals surface area (Å²) in [6.45, 7) is 8.83. The van der Waals surface area contributed by atoms with Gasteiger partial charge in [-0.3, -0.25) is 4.90 Å². The monoisotopic (exact) mass is 387 g/mol. The largest absolute Gasteiger partial charge is 0.378 e. The van der Waals surface area contributed by atoms with E-state index in [1.807, 2.05) is 6.20 Å². The van der Waals surface area contributed by atoms with E-state index >= 15 is 0 Å². The van der Waals surface area contributed by atoms with E-state index in [0.29, 0.717) is 6.61 Å². The molecule has 0 aromatic carbocycles. The molecule has 2 fully saturated rings. The van der Waals surface area contributed by atoms with Crippen molar-refractivity contribution in [3.05, 3.63) is 33.5 Å². The summed E-state index contributed by atoms with van der Waals surface area (Å²) < 4.78 is 11.8. The minimum atomic E-state index is -0.241. The van der Waals surface area contributed by atoms with Gasteiger partial charge in [-0.1, -0.05) is 0 Å². The summed E-state index contributed by atoms with van der Waals surface area (Å²) >= 11 is 1.75. The third-order valence-electron chi connectivity index (χ3n) is 5.77. The first kappa shape index (κ1) is 17.5. The third-order valence-corrected chi connectivity index (χ3v) is 6.72. The summed E-state index contributed by atoms with van der Waals surface area (Å²) in [4.78, 5) is 18.9. The molecular formula is C19H25N5O2S. The summed E-state index contributed by atoms with van der Waals surface area (Å²) in [5.41, 5.74) is 3.14. The van der Waals surface area contributed by atoms with Gasteiger partial charge in [0, 0.05) is 49.0 Å². The molecule has 0 saturated carbocycles. The number of hydrogen-bond acceptors (Lipinski definition) is 8. The lowest BCUT2D eigenvalue weighted by molar-refractivity contribution is -0.0819. The Morgan fingerprint density at radius 2 is 1.96 bits per heavy atom. The van der Waals surface area contributed by atoms with E-state index in [1.54, 1.807) is 11.3 Å². The van der Waals surface area contributed by atoms with E-state index in [1.165, 1.54) is 5.01 Å². The van der Waals surface area contributed by atoms with Crippen LogP contribution in [0.15, 0.2) is 11.6 Å². The van der Waals surface area contributed by atoms with Crippen LogP contribution in [-0.4, -0.2) is 59.2 Å². The topological polar surface area (TPSA) is 63.6 Å². The van der Waals surface area contributed by atoms with E-state index in [4.69, 9.17) is 14.5 Å². The number of morpholine rings is 1. The van der Waals surface area contributed by atoms with Crippen molar-refractivity contribution in [3.63, 3.8) is 0 Å². The Labute approximate surface area is 163 Å². The number of hydrogen-bond donors (Lipinski definition) is 0. The highest BCUT2D eigenvalue weighted by Gasteiger charge is 2.44. The fraction of sp³-hybridized carbons (Fsp3) is 0.632. The molecule has 7 nitrogen and oxygen atoms in total. The van der Waals surface area contributed by atoms with Crippen molar-refractivity contribution in [2.75, 3.05) is 44.3 Å². The van der Waals surface area contributed by atoms with Gasteiger partial charge in [0.25, 0.3) is 0 Å². The summed E-state index contributed by atoms with van der Waals surface area (Å²) in [7, 11) is 0. The fourth-order valence-electron chi connectivity index (χ4n) is 4.22. The van der Waals surface area contributed by atoms with Crippen molar-refractivity contribution in [2.45, 2.75) is 38.5 Å². The van der Waals surface area contributed by atoms with Gasteiger partial charge < -0.3 is 14.4 Å². The molecule has 2 saturated heterocycles. The van der Waals surface area contributed by atoms with Gasteiger partial charge in [-0.15, -0.1) is 11.3 Å². The number of thiazole rings is 1. The lowest BCUT2D eigenvalue weighted by atomic mass is 9.87. The van der Waals surface area contributed by atoms with Crippen LogP contribution < -0.4 is 4.90 Å². The number of likely N-dealkylation sites (tertiary alicyclic amines) is 1. The Bertz CT molecular complexity index is 812. The number of aromatic nitrogens is 3. The molecule has 0 bridgehead atoms. The first-order chi connectivity index (χ1) is 13.2. The van der Waals surface area contributed by atoms with Crippen molar-refractivity contribution in [1.29, 1.82) is 0 Å². The number of ether oxygens (including phenoxy) is 2. The standard InChI is InChI=1S/C19H25N5O2S/c1-14-13-27-16(21-14)11-23-4-2-19(3-5-23)17-15(12-26-19)10-20-18(22-17)24-6-8-25-9-7-24/h10,13H,2-9,11-12H2,1H3. The maximum Gasteiger partial charge on any atom is 0.225 e. The number of anilines is 1. The van der Waals surface area contributed by atoms with Crippen molar-refractivity contribution in [2.24, 2.45) is 0 Å². The average Bonchev–Trinajstić information content (AvgIpc) is 3.28. The predicted octanol–water partition coefficient (Wildman–Crippen LogP) is 2.10. The van der Waals surface area contributed by atoms with E-state index < -0.39 is 0 Å². The zero-order valence-electron chi connectivity index (χ0n) is 15.7. The molecule has 27 heavy (non-hydrogen) atoms. The van der Waals surface area contributed by atoms with Gasteiger partial charge in [0.15, 0.2) is 0 Å². The van der Waals surface area contributed by atoms with Crippen LogP contribution in [0.4, 0.5) is 5.95 Å². The van der Waals surface area contributed by atoms with Gasteiger partial charge in [-0.2, -0.15) is 0 Å². The quantitative estimate of drug-likeness (QED) is 0.799. The maximum atomic E-state index is 6.31. The Morgan fingerprint density at radius 3 is 2.70 bits per heavy atom. The van der Waals surface area contributed by atoms with E-state index in [-0.39, 0.29) is 5.60 Å². The van der Waals surface area contributed by atoms with Crippen molar-refractivity contribution in [3.8, 4) is 0 Å². The molecule has 3 aliphatic heterocycles. The summed E-state index contributed by atoms with van der Waals surface area (Å²) in [5, 5.41) is 3.33. The van der Waals surface area contributed by atoms with Gasteiger partial charge in [0.1, 0.15) is 10.6 Å². The molecule has 5 heterocycles. The molecule has 5 rings (SSSR count). The summed E-state index contributed by atoms with van der Waals surface area (Å²) in [5.74, 6) is 0.822. The number of aryl methyl sites for hydroxylation is 1. The second kappa shape index (κ2) is 7.09. The Kier molecular flexibility index (Phi) is 4.59. The molecule has 0 N–H and O–H groups in total. The normalized spacial score (nSPS) is 22.3. The molecular weight excluding hydrogens is 362 g/mol. The van der Waals surface area contributed by atoms with Gasteiger partial charge >= 0.3 is 0 Å². The fourth-order valence-corrected chi connectivity index (χ4v) is 5.03. The number of fused-ring (bicyclic) bond motifs is 2. The second-order valence-electron chi connectivity index (χ2n) is 7.59. The third kappa shape index (κ3) is 3.35. The molecule has 3 aliphatic rings. The molecule has 0 atom stereocenters. The van der Waals surface area contributed by atoms with Crippen LogP contribution in [0.25, 0.3) is 0 Å². The van der Waals surface area contributed by atoms with Crippen LogP contribution in [0.5, 0.6) is 0 Å². The first-order valence-corrected chi connectivity index (χ1v) is 10.6. The second-order valence-corrected chi connectivity index (χ2v) is 8.53.